The maximum atomic E-state index is 6.62. The number of furan rings is 1. The molecule has 11 rings (SSSR count). The summed E-state index contributed by atoms with van der Waals surface area (Å²) >= 11 is 0. The quantitative estimate of drug-likeness (QED) is 0.163. The third-order valence-corrected chi connectivity index (χ3v) is 11.1. The molecule has 8 aromatic carbocycles. The molecule has 59 heavy (non-hydrogen) atoms. The van der Waals surface area contributed by atoms with Crippen LogP contribution in [-0.2, 0) is 0 Å². The van der Waals surface area contributed by atoms with E-state index < -0.39 is 0 Å². The fourth-order valence-electron chi connectivity index (χ4n) is 8.13. The van der Waals surface area contributed by atoms with Gasteiger partial charge in [-0.1, -0.05) is 200 Å². The summed E-state index contributed by atoms with van der Waals surface area (Å²) in [7, 11) is 0. The van der Waals surface area contributed by atoms with Crippen molar-refractivity contribution >= 4 is 32.8 Å². The number of hydrogen-bond donors (Lipinski definition) is 0. The largest absolute Gasteiger partial charge is 0.454 e. The second-order valence-electron chi connectivity index (χ2n) is 14.8. The molecule has 11 aromatic rings. The molecule has 4 heteroatoms. The van der Waals surface area contributed by atoms with E-state index in [-0.39, 0.29) is 0 Å². The predicted octanol–water partition coefficient (Wildman–Crippen LogP) is 14.6. The minimum Gasteiger partial charge on any atom is -0.454 e. The number of para-hydroxylation sites is 2. The molecular formula is C55H35N3O. The summed E-state index contributed by atoms with van der Waals surface area (Å²) in [4.78, 5) is 15.8. The summed E-state index contributed by atoms with van der Waals surface area (Å²) in [5.74, 6) is 0.648. The summed E-state index contributed by atoms with van der Waals surface area (Å²) in [6, 6.07) is 73.7. The van der Waals surface area contributed by atoms with E-state index in [1.54, 1.807) is 0 Å². The molecule has 3 heterocycles. The highest BCUT2D eigenvalue weighted by atomic mass is 16.3. The Balaban J connectivity index is 1.03. The van der Waals surface area contributed by atoms with Crippen molar-refractivity contribution < 1.29 is 4.42 Å². The first-order valence-electron chi connectivity index (χ1n) is 19.8. The fraction of sp³-hybridized carbons (Fsp3) is 0. The van der Waals surface area contributed by atoms with Crippen molar-refractivity contribution in [3.8, 4) is 78.5 Å². The first-order valence-corrected chi connectivity index (χ1v) is 19.8. The molecule has 0 aliphatic rings. The van der Waals surface area contributed by atoms with Crippen molar-refractivity contribution in [1.82, 2.24) is 15.0 Å². The minimum absolute atomic E-state index is 0.648. The van der Waals surface area contributed by atoms with E-state index in [2.05, 4.69) is 182 Å². The monoisotopic (exact) mass is 753 g/mol. The summed E-state index contributed by atoms with van der Waals surface area (Å²) in [6.07, 6.45) is 0. The highest BCUT2D eigenvalue weighted by molar-refractivity contribution is 6.22. The summed E-state index contributed by atoms with van der Waals surface area (Å²) in [5.41, 5.74) is 15.8. The smallest absolute Gasteiger partial charge is 0.162 e. The molecule has 4 nitrogen and oxygen atoms in total. The Hall–Kier alpha value is -7.95. The van der Waals surface area contributed by atoms with Crippen LogP contribution in [0.15, 0.2) is 217 Å². The molecule has 0 saturated carbocycles. The van der Waals surface area contributed by atoms with Crippen molar-refractivity contribution in [2.24, 2.45) is 0 Å². The van der Waals surface area contributed by atoms with Gasteiger partial charge in [0.1, 0.15) is 11.3 Å². The molecule has 0 N–H and O–H groups in total. The van der Waals surface area contributed by atoms with Crippen LogP contribution >= 0.6 is 0 Å². The van der Waals surface area contributed by atoms with Gasteiger partial charge < -0.3 is 4.42 Å². The van der Waals surface area contributed by atoms with Gasteiger partial charge in [0.25, 0.3) is 0 Å². The van der Waals surface area contributed by atoms with Crippen LogP contribution in [0.1, 0.15) is 0 Å². The van der Waals surface area contributed by atoms with Crippen LogP contribution in [0.25, 0.3) is 111 Å². The number of benzene rings is 8. The maximum Gasteiger partial charge on any atom is 0.162 e. The molecule has 0 saturated heterocycles. The molecular weight excluding hydrogens is 719 g/mol. The minimum atomic E-state index is 0.648. The Morgan fingerprint density at radius 2 is 0.780 bits per heavy atom. The van der Waals surface area contributed by atoms with Gasteiger partial charge >= 0.3 is 0 Å². The van der Waals surface area contributed by atoms with Crippen LogP contribution in [-0.4, -0.2) is 15.0 Å². The van der Waals surface area contributed by atoms with E-state index >= 15 is 0 Å². The van der Waals surface area contributed by atoms with Gasteiger partial charge in [0, 0.05) is 44.0 Å². The standard InChI is InChI=1S/C55H35N3O/c1-4-13-36(14-5-1)38-23-27-41(28-24-38)48-35-49(42-29-25-39(26-30-42)37-15-6-2-7-16-37)57-55(56-48)44-33-31-43(32-34-44)52-54-51(46-19-10-11-22-50(46)59-54)47-21-12-20-45(53(47)58-52)40-17-8-3-9-18-40/h1-35H. The lowest BCUT2D eigenvalue weighted by Gasteiger charge is -2.12. The lowest BCUT2D eigenvalue weighted by Crippen LogP contribution is -1.96. The summed E-state index contributed by atoms with van der Waals surface area (Å²) in [6.45, 7) is 0. The van der Waals surface area contributed by atoms with Gasteiger partial charge in [-0.2, -0.15) is 0 Å². The lowest BCUT2D eigenvalue weighted by atomic mass is 9.97. The van der Waals surface area contributed by atoms with Crippen molar-refractivity contribution in [3.63, 3.8) is 0 Å². The van der Waals surface area contributed by atoms with Crippen LogP contribution in [0, 0.1) is 0 Å². The average Bonchev–Trinajstić information content (AvgIpc) is 3.72. The number of hydrogen-bond acceptors (Lipinski definition) is 4. The first kappa shape index (κ1) is 34.3. The van der Waals surface area contributed by atoms with Crippen molar-refractivity contribution in [2.45, 2.75) is 0 Å². The van der Waals surface area contributed by atoms with Crippen molar-refractivity contribution in [3.05, 3.63) is 212 Å². The van der Waals surface area contributed by atoms with E-state index in [1.807, 2.05) is 30.3 Å². The molecule has 0 aliphatic heterocycles. The molecule has 0 radical (unpaired) electrons. The summed E-state index contributed by atoms with van der Waals surface area (Å²) in [5, 5.41) is 3.21. The molecule has 0 unspecified atom stereocenters. The Bertz CT molecular complexity index is 3170. The van der Waals surface area contributed by atoms with Gasteiger partial charge in [-0.25, -0.2) is 15.0 Å². The molecule has 0 fully saturated rings. The number of nitrogens with zero attached hydrogens (tertiary/aromatic N) is 3. The number of rotatable bonds is 7. The third kappa shape index (κ3) is 6.34. The summed E-state index contributed by atoms with van der Waals surface area (Å²) < 4.78 is 6.62. The zero-order valence-corrected chi connectivity index (χ0v) is 32.0. The van der Waals surface area contributed by atoms with Crippen LogP contribution in [0.2, 0.25) is 0 Å². The van der Waals surface area contributed by atoms with E-state index in [9.17, 15) is 0 Å². The normalized spacial score (nSPS) is 11.4. The number of fused-ring (bicyclic) bond motifs is 5. The van der Waals surface area contributed by atoms with Gasteiger partial charge in [0.15, 0.2) is 11.4 Å². The molecule has 0 aliphatic carbocycles. The van der Waals surface area contributed by atoms with E-state index in [4.69, 9.17) is 19.4 Å². The average molecular weight is 754 g/mol. The highest BCUT2D eigenvalue weighted by Gasteiger charge is 2.20. The van der Waals surface area contributed by atoms with Crippen LogP contribution < -0.4 is 0 Å². The lowest BCUT2D eigenvalue weighted by molar-refractivity contribution is 0.669. The third-order valence-electron chi connectivity index (χ3n) is 11.1. The molecule has 0 atom stereocenters. The highest BCUT2D eigenvalue weighted by Crippen LogP contribution is 2.42. The zero-order valence-electron chi connectivity index (χ0n) is 32.0. The Morgan fingerprint density at radius 1 is 0.322 bits per heavy atom. The molecule has 0 spiro atoms. The Morgan fingerprint density at radius 3 is 1.37 bits per heavy atom. The molecule has 3 aromatic heterocycles. The van der Waals surface area contributed by atoms with Crippen molar-refractivity contribution in [1.29, 1.82) is 0 Å². The Kier molecular flexibility index (Phi) is 8.45. The molecule has 276 valence electrons. The number of aromatic nitrogens is 3. The SMILES string of the molecule is c1ccc(-c2ccc(-c3cc(-c4ccc(-c5ccccc5)cc4)nc(-c4ccc(-c5nc6c(-c7ccccc7)cccc6c6c5oc5ccccc56)cc4)n3)cc2)cc1. The zero-order chi connectivity index (χ0) is 39.1. The van der Waals surface area contributed by atoms with Crippen LogP contribution in [0.3, 0.4) is 0 Å². The van der Waals surface area contributed by atoms with Crippen molar-refractivity contribution in [2.75, 3.05) is 0 Å². The van der Waals surface area contributed by atoms with Crippen LogP contribution in [0.4, 0.5) is 0 Å². The van der Waals surface area contributed by atoms with Gasteiger partial charge in [-0.15, -0.1) is 0 Å². The predicted molar refractivity (Wildman–Crippen MR) is 243 cm³/mol. The second kappa shape index (κ2) is 14.5. The number of pyridine rings is 1. The Labute approximate surface area is 341 Å². The van der Waals surface area contributed by atoms with Gasteiger partial charge in [-0.05, 0) is 39.9 Å². The fourth-order valence-corrected chi connectivity index (χ4v) is 8.13. The van der Waals surface area contributed by atoms with Crippen LogP contribution in [0.5, 0.6) is 0 Å². The van der Waals surface area contributed by atoms with E-state index in [0.717, 1.165) is 94.4 Å². The van der Waals surface area contributed by atoms with Gasteiger partial charge in [-0.3, -0.25) is 0 Å². The maximum absolute atomic E-state index is 6.62. The molecule has 0 bridgehead atoms. The first-order chi connectivity index (χ1) is 29.2. The van der Waals surface area contributed by atoms with E-state index in [0.29, 0.717) is 5.82 Å². The second-order valence-corrected chi connectivity index (χ2v) is 14.8. The van der Waals surface area contributed by atoms with Gasteiger partial charge in [0.05, 0.1) is 16.9 Å². The molecule has 0 amide bonds. The van der Waals surface area contributed by atoms with Gasteiger partial charge in [0.2, 0.25) is 0 Å². The van der Waals surface area contributed by atoms with E-state index in [1.165, 1.54) is 11.1 Å². The topological polar surface area (TPSA) is 51.8 Å².